The maximum absolute atomic E-state index is 11.4. The molecule has 1 heterocycles. The second-order valence-corrected chi connectivity index (χ2v) is 4.26. The van der Waals surface area contributed by atoms with Crippen LogP contribution in [-0.2, 0) is 4.74 Å². The Kier molecular flexibility index (Phi) is 3.75. The normalized spacial score (nSPS) is 20.6. The number of amides is 1. The highest BCUT2D eigenvalue weighted by atomic mass is 16.6. The second kappa shape index (κ2) is 4.64. The van der Waals surface area contributed by atoms with E-state index in [2.05, 4.69) is 0 Å². The van der Waals surface area contributed by atoms with Crippen molar-refractivity contribution in [3.63, 3.8) is 0 Å². The minimum Gasteiger partial charge on any atom is -0.449 e. The summed E-state index contributed by atoms with van der Waals surface area (Å²) in [5.41, 5.74) is 5.85. The minimum atomic E-state index is -0.192. The summed E-state index contributed by atoms with van der Waals surface area (Å²) in [5, 5.41) is 0. The lowest BCUT2D eigenvalue weighted by Crippen LogP contribution is -2.50. The zero-order valence-electron chi connectivity index (χ0n) is 9.08. The van der Waals surface area contributed by atoms with Gasteiger partial charge in [-0.05, 0) is 26.2 Å². The van der Waals surface area contributed by atoms with Gasteiger partial charge in [-0.25, -0.2) is 4.79 Å². The highest BCUT2D eigenvalue weighted by Crippen LogP contribution is 2.18. The molecule has 1 aliphatic heterocycles. The number of rotatable bonds is 2. The molecule has 0 spiro atoms. The van der Waals surface area contributed by atoms with Crippen LogP contribution in [0.1, 0.15) is 33.1 Å². The molecule has 1 saturated heterocycles. The fourth-order valence-corrected chi connectivity index (χ4v) is 1.48. The number of ether oxygens (including phenoxy) is 1. The summed E-state index contributed by atoms with van der Waals surface area (Å²) in [7, 11) is 0. The highest BCUT2D eigenvalue weighted by molar-refractivity contribution is 5.67. The van der Waals surface area contributed by atoms with Gasteiger partial charge in [-0.15, -0.1) is 0 Å². The predicted octanol–water partition coefficient (Wildman–Crippen LogP) is 1.35. The monoisotopic (exact) mass is 200 g/mol. The third kappa shape index (κ3) is 3.18. The van der Waals surface area contributed by atoms with Crippen molar-refractivity contribution in [2.24, 2.45) is 5.73 Å². The van der Waals surface area contributed by atoms with E-state index in [1.165, 1.54) is 0 Å². The van der Waals surface area contributed by atoms with Crippen LogP contribution in [0.4, 0.5) is 4.79 Å². The largest absolute Gasteiger partial charge is 0.449 e. The van der Waals surface area contributed by atoms with Crippen molar-refractivity contribution in [3.05, 3.63) is 0 Å². The Morgan fingerprint density at radius 3 is 2.57 bits per heavy atom. The van der Waals surface area contributed by atoms with E-state index in [1.807, 2.05) is 13.8 Å². The summed E-state index contributed by atoms with van der Waals surface area (Å²) in [4.78, 5) is 13.2. The summed E-state index contributed by atoms with van der Waals surface area (Å²) >= 11 is 0. The lowest BCUT2D eigenvalue weighted by atomic mass is 9.91. The topological polar surface area (TPSA) is 55.6 Å². The van der Waals surface area contributed by atoms with Gasteiger partial charge in [-0.3, -0.25) is 0 Å². The number of hydrogen-bond donors (Lipinski definition) is 1. The van der Waals surface area contributed by atoms with E-state index in [0.717, 1.165) is 32.4 Å². The predicted molar refractivity (Wildman–Crippen MR) is 55.0 cm³/mol. The summed E-state index contributed by atoms with van der Waals surface area (Å²) in [5.74, 6) is 0. The number of carbonyl (C=O) groups excluding carboxylic acids is 1. The summed E-state index contributed by atoms with van der Waals surface area (Å²) in [6, 6.07) is 0. The van der Waals surface area contributed by atoms with Crippen LogP contribution in [-0.4, -0.2) is 36.2 Å². The van der Waals surface area contributed by atoms with Gasteiger partial charge in [0.2, 0.25) is 0 Å². The molecule has 4 heteroatoms. The van der Waals surface area contributed by atoms with Crippen LogP contribution in [0.25, 0.3) is 0 Å². The summed E-state index contributed by atoms with van der Waals surface area (Å²) in [6.07, 6.45) is 2.39. The molecule has 2 N–H and O–H groups in total. The Bertz CT molecular complexity index is 194. The first-order valence-corrected chi connectivity index (χ1v) is 5.26. The third-order valence-corrected chi connectivity index (χ3v) is 2.59. The highest BCUT2D eigenvalue weighted by Gasteiger charge is 2.28. The smallest absolute Gasteiger partial charge is 0.409 e. The molecule has 0 unspecified atom stereocenters. The maximum Gasteiger partial charge on any atom is 0.409 e. The summed E-state index contributed by atoms with van der Waals surface area (Å²) < 4.78 is 5.04. The van der Waals surface area contributed by atoms with E-state index < -0.39 is 0 Å². The number of likely N-dealkylation sites (tertiary alicyclic amines) is 1. The van der Waals surface area contributed by atoms with Crippen LogP contribution in [0.5, 0.6) is 0 Å². The average molecular weight is 200 g/mol. The van der Waals surface area contributed by atoms with Gasteiger partial charge in [0.05, 0.1) is 6.61 Å². The molecule has 1 rings (SSSR count). The fourth-order valence-electron chi connectivity index (χ4n) is 1.48. The molecule has 82 valence electrons. The molecular formula is C10H20N2O2. The van der Waals surface area contributed by atoms with Crippen molar-refractivity contribution < 1.29 is 9.53 Å². The van der Waals surface area contributed by atoms with E-state index >= 15 is 0 Å². The molecule has 1 amide bonds. The van der Waals surface area contributed by atoms with E-state index in [9.17, 15) is 4.79 Å². The molecule has 1 fully saturated rings. The Hall–Kier alpha value is -0.770. The Morgan fingerprint density at radius 2 is 2.07 bits per heavy atom. The van der Waals surface area contributed by atoms with Gasteiger partial charge in [-0.2, -0.15) is 0 Å². The van der Waals surface area contributed by atoms with Gasteiger partial charge in [0, 0.05) is 18.6 Å². The Morgan fingerprint density at radius 1 is 1.50 bits per heavy atom. The molecule has 0 aromatic rings. The Labute approximate surface area is 85.4 Å². The van der Waals surface area contributed by atoms with Crippen LogP contribution in [0.3, 0.4) is 0 Å². The third-order valence-electron chi connectivity index (χ3n) is 2.59. The standard InChI is InChI=1S/C10H20N2O2/c1-3-8-14-9(13)12-6-4-10(2,11)5-7-12/h3-8,11H2,1-2H3. The molecule has 0 bridgehead atoms. The molecule has 0 aliphatic carbocycles. The molecule has 0 atom stereocenters. The summed E-state index contributed by atoms with van der Waals surface area (Å²) in [6.45, 7) is 5.96. The first-order valence-electron chi connectivity index (χ1n) is 5.26. The fraction of sp³-hybridized carbons (Fsp3) is 0.900. The molecule has 0 radical (unpaired) electrons. The van der Waals surface area contributed by atoms with Crippen LogP contribution in [0.2, 0.25) is 0 Å². The van der Waals surface area contributed by atoms with Crippen LogP contribution < -0.4 is 5.73 Å². The molecule has 1 aliphatic rings. The molecule has 0 aromatic carbocycles. The van der Waals surface area contributed by atoms with Gasteiger partial charge < -0.3 is 15.4 Å². The molecule has 14 heavy (non-hydrogen) atoms. The van der Waals surface area contributed by atoms with Gasteiger partial charge in [0.1, 0.15) is 0 Å². The zero-order chi connectivity index (χ0) is 10.6. The van der Waals surface area contributed by atoms with Crippen molar-refractivity contribution in [3.8, 4) is 0 Å². The van der Waals surface area contributed by atoms with Crippen molar-refractivity contribution >= 4 is 6.09 Å². The van der Waals surface area contributed by atoms with Gasteiger partial charge in [0.25, 0.3) is 0 Å². The van der Waals surface area contributed by atoms with Crippen molar-refractivity contribution in [1.82, 2.24) is 4.90 Å². The molecule has 0 aromatic heterocycles. The average Bonchev–Trinajstić information content (AvgIpc) is 2.14. The molecule has 4 nitrogen and oxygen atoms in total. The van der Waals surface area contributed by atoms with E-state index in [0.29, 0.717) is 6.61 Å². The number of hydrogen-bond acceptors (Lipinski definition) is 3. The van der Waals surface area contributed by atoms with E-state index in [1.54, 1.807) is 4.90 Å². The molecular weight excluding hydrogens is 180 g/mol. The Balaban J connectivity index is 2.30. The van der Waals surface area contributed by atoms with Crippen LogP contribution >= 0.6 is 0 Å². The van der Waals surface area contributed by atoms with Crippen LogP contribution in [0.15, 0.2) is 0 Å². The van der Waals surface area contributed by atoms with Crippen molar-refractivity contribution in [2.75, 3.05) is 19.7 Å². The number of piperidine rings is 1. The lowest BCUT2D eigenvalue weighted by molar-refractivity contribution is 0.0856. The van der Waals surface area contributed by atoms with E-state index in [-0.39, 0.29) is 11.6 Å². The number of nitrogens with zero attached hydrogens (tertiary/aromatic N) is 1. The van der Waals surface area contributed by atoms with Crippen molar-refractivity contribution in [2.45, 2.75) is 38.6 Å². The maximum atomic E-state index is 11.4. The molecule has 0 saturated carbocycles. The number of carbonyl (C=O) groups is 1. The first-order chi connectivity index (χ1) is 6.55. The quantitative estimate of drug-likeness (QED) is 0.732. The van der Waals surface area contributed by atoms with Gasteiger partial charge in [0.15, 0.2) is 0 Å². The number of nitrogens with two attached hydrogens (primary N) is 1. The van der Waals surface area contributed by atoms with Gasteiger partial charge in [-0.1, -0.05) is 6.92 Å². The minimum absolute atomic E-state index is 0.110. The second-order valence-electron chi connectivity index (χ2n) is 4.26. The zero-order valence-corrected chi connectivity index (χ0v) is 9.08. The van der Waals surface area contributed by atoms with Gasteiger partial charge >= 0.3 is 6.09 Å². The first kappa shape index (κ1) is 11.3. The SMILES string of the molecule is CCCOC(=O)N1CCC(C)(N)CC1. The van der Waals surface area contributed by atoms with Crippen molar-refractivity contribution in [1.29, 1.82) is 0 Å². The lowest BCUT2D eigenvalue weighted by Gasteiger charge is -2.35. The van der Waals surface area contributed by atoms with E-state index in [4.69, 9.17) is 10.5 Å². The van der Waals surface area contributed by atoms with Crippen LogP contribution in [0, 0.1) is 0 Å².